The van der Waals surface area contributed by atoms with Crippen molar-refractivity contribution in [3.63, 3.8) is 0 Å². The van der Waals surface area contributed by atoms with Crippen LogP contribution in [-0.4, -0.2) is 108 Å². The number of terminal acetylenes is 1. The lowest BCUT2D eigenvalue weighted by atomic mass is 9.95. The van der Waals surface area contributed by atoms with Gasteiger partial charge in [0, 0.05) is 74.9 Å². The fourth-order valence-electron chi connectivity index (χ4n) is 7.76. The van der Waals surface area contributed by atoms with Gasteiger partial charge in [-0.05, 0) is 43.5 Å². The summed E-state index contributed by atoms with van der Waals surface area (Å²) in [6.45, 7) is 4.23. The second kappa shape index (κ2) is 11.8. The molecule has 3 saturated heterocycles. The van der Waals surface area contributed by atoms with Gasteiger partial charge in [-0.25, -0.2) is 13.8 Å². The van der Waals surface area contributed by atoms with Crippen molar-refractivity contribution in [3.05, 3.63) is 47.7 Å². The van der Waals surface area contributed by atoms with E-state index >= 15 is 4.39 Å². The average Bonchev–Trinajstić information content (AvgIpc) is 3.38. The Kier molecular flexibility index (Phi) is 7.54. The van der Waals surface area contributed by atoms with Crippen molar-refractivity contribution >= 4 is 39.3 Å². The quantitative estimate of drug-likeness (QED) is 0.265. The normalized spacial score (nSPS) is 24.9. The summed E-state index contributed by atoms with van der Waals surface area (Å²) in [4.78, 5) is 33.6. The first-order valence-electron chi connectivity index (χ1n) is 16.3. The second-order valence-electron chi connectivity index (χ2n) is 13.4. The number of pyridine rings is 1. The number of carbonyl (C=O) groups is 1. The summed E-state index contributed by atoms with van der Waals surface area (Å²) in [7, 11) is 2.02. The Hall–Kier alpha value is -4.64. The highest BCUT2D eigenvalue weighted by molar-refractivity contribution is 6.03. The molecule has 1 spiro atoms. The summed E-state index contributed by atoms with van der Waals surface area (Å²) in [6, 6.07) is 5.69. The fourth-order valence-corrected chi connectivity index (χ4v) is 7.76. The molecule has 6 heterocycles. The Morgan fingerprint density at radius 3 is 2.90 bits per heavy atom. The van der Waals surface area contributed by atoms with Crippen molar-refractivity contribution in [1.82, 2.24) is 30.5 Å². The summed E-state index contributed by atoms with van der Waals surface area (Å²) in [5.74, 6) is 1.80. The number of likely N-dealkylation sites (N-methyl/N-ethyl adjacent to an activating group) is 1. The smallest absolute Gasteiger partial charge is 0.228 e. The average molecular weight is 655 g/mol. The number of nitrogens with one attached hydrogen (secondary N) is 2. The van der Waals surface area contributed by atoms with Gasteiger partial charge in [-0.1, -0.05) is 12.0 Å². The number of aromatic nitrogens is 3. The van der Waals surface area contributed by atoms with Gasteiger partial charge in [-0.15, -0.1) is 6.42 Å². The van der Waals surface area contributed by atoms with Crippen LogP contribution in [0.25, 0.3) is 32.9 Å². The number of hydrogen-bond donors (Lipinski definition) is 3. The van der Waals surface area contributed by atoms with E-state index < -0.39 is 11.6 Å². The molecule has 0 radical (unpaired) electrons. The molecule has 4 aromatic rings. The number of nitrogens with zero attached hydrogens (tertiary/aromatic N) is 6. The molecule has 7 bridgehead atoms. The molecule has 0 unspecified atom stereocenters. The third-order valence-corrected chi connectivity index (χ3v) is 10.3. The molecule has 8 rings (SSSR count). The summed E-state index contributed by atoms with van der Waals surface area (Å²) >= 11 is 0. The molecule has 13 heteroatoms. The third-order valence-electron chi connectivity index (χ3n) is 10.3. The largest absolute Gasteiger partial charge is 0.508 e. The first-order valence-corrected chi connectivity index (χ1v) is 16.3. The fraction of sp³-hybridized carbons (Fsp3) is 0.429. The van der Waals surface area contributed by atoms with Crippen LogP contribution in [0, 0.1) is 24.0 Å². The molecule has 3 fully saturated rings. The predicted octanol–water partition coefficient (Wildman–Crippen LogP) is 2.78. The third kappa shape index (κ3) is 5.24. The zero-order chi connectivity index (χ0) is 33.2. The Balaban J connectivity index is 1.32. The first kappa shape index (κ1) is 30.7. The van der Waals surface area contributed by atoms with Gasteiger partial charge in [0.2, 0.25) is 11.9 Å². The molecule has 3 atom stereocenters. The molecule has 2 aromatic carbocycles. The van der Waals surface area contributed by atoms with E-state index in [1.54, 1.807) is 6.20 Å². The van der Waals surface area contributed by atoms with Gasteiger partial charge in [0.15, 0.2) is 5.82 Å². The minimum absolute atomic E-state index is 0.0221. The molecular formula is C35H36F2N8O3. The van der Waals surface area contributed by atoms with Crippen LogP contribution in [0.2, 0.25) is 0 Å². The highest BCUT2D eigenvalue weighted by atomic mass is 19.1. The molecule has 0 aliphatic carbocycles. The number of aromatic hydroxyl groups is 1. The number of rotatable bonds is 1. The number of anilines is 2. The molecular weight excluding hydrogens is 618 g/mol. The SMILES string of the molecule is C#Cc1c(F)ccc2cc(O)cc(-c3ncc4c5nc(nc4c3F)N3CCN(C)[C@H](CNC(=O)CCOC[C@@]46CC[C@@H](CN5C4)N6)C3)c12. The molecule has 4 aliphatic rings. The van der Waals surface area contributed by atoms with Gasteiger partial charge < -0.3 is 30.3 Å². The van der Waals surface area contributed by atoms with Gasteiger partial charge in [0.25, 0.3) is 0 Å². The van der Waals surface area contributed by atoms with E-state index in [1.807, 2.05) is 11.9 Å². The van der Waals surface area contributed by atoms with Gasteiger partial charge >= 0.3 is 0 Å². The highest BCUT2D eigenvalue weighted by Gasteiger charge is 2.46. The van der Waals surface area contributed by atoms with Gasteiger partial charge in [-0.3, -0.25) is 14.7 Å². The zero-order valence-electron chi connectivity index (χ0n) is 26.6. The second-order valence-corrected chi connectivity index (χ2v) is 13.4. The number of hydrogen-bond acceptors (Lipinski definition) is 10. The minimum atomic E-state index is -0.722. The maximum atomic E-state index is 17.1. The van der Waals surface area contributed by atoms with Crippen molar-refractivity contribution in [3.8, 4) is 29.4 Å². The van der Waals surface area contributed by atoms with E-state index in [2.05, 4.69) is 31.3 Å². The number of phenols is 1. The van der Waals surface area contributed by atoms with Gasteiger partial charge in [0.1, 0.15) is 28.6 Å². The van der Waals surface area contributed by atoms with Crippen LogP contribution < -0.4 is 20.4 Å². The van der Waals surface area contributed by atoms with Crippen LogP contribution in [-0.2, 0) is 9.53 Å². The number of phenolic OH excluding ortho intramolecular Hbond substituents is 1. The molecule has 4 aliphatic heterocycles. The summed E-state index contributed by atoms with van der Waals surface area (Å²) in [5.41, 5.74) is -0.265. The van der Waals surface area contributed by atoms with E-state index in [9.17, 15) is 14.3 Å². The first-order chi connectivity index (χ1) is 23.2. The van der Waals surface area contributed by atoms with Crippen LogP contribution in [0.5, 0.6) is 5.75 Å². The molecule has 1 amide bonds. The molecule has 11 nitrogen and oxygen atoms in total. The Morgan fingerprint density at radius 2 is 2.04 bits per heavy atom. The maximum Gasteiger partial charge on any atom is 0.228 e. The number of benzene rings is 2. The number of piperazine rings is 2. The Bertz CT molecular complexity index is 2000. The van der Waals surface area contributed by atoms with E-state index in [0.717, 1.165) is 12.8 Å². The number of halogens is 2. The monoisotopic (exact) mass is 654 g/mol. The lowest BCUT2D eigenvalue weighted by molar-refractivity contribution is -0.122. The van der Waals surface area contributed by atoms with Crippen LogP contribution in [0.4, 0.5) is 20.5 Å². The molecule has 248 valence electrons. The molecule has 0 saturated carbocycles. The van der Waals surface area contributed by atoms with Gasteiger partial charge in [-0.2, -0.15) is 4.98 Å². The number of carbonyl (C=O) groups excluding carboxylic acids is 1. The van der Waals surface area contributed by atoms with Crippen molar-refractivity contribution in [2.45, 2.75) is 36.9 Å². The standard InChI is InChI=1S/C35H36F2N8O3/c1-3-24-27(36)5-4-20-12-23(46)13-25(29(20)24)31-30(37)32-26(15-39-31)33-41-34(40-32)44-10-9-43(2)22(17-44)14-38-28(47)7-11-48-19-35-8-6-21(42-35)16-45(33)18-35/h1,4-5,12-13,15,21-22,42,46H,6-11,14,16-19H2,2H3,(H,38,47)/t21-,22+,35+/m0/s1. The van der Waals surface area contributed by atoms with Crippen LogP contribution >= 0.6 is 0 Å². The number of fused-ring (bicyclic) bond motifs is 11. The molecule has 3 N–H and O–H groups in total. The summed E-state index contributed by atoms with van der Waals surface area (Å²) in [6.07, 6.45) is 9.41. The number of amides is 1. The van der Waals surface area contributed by atoms with Crippen LogP contribution in [0.1, 0.15) is 24.8 Å². The van der Waals surface area contributed by atoms with E-state index in [1.165, 1.54) is 24.3 Å². The topological polar surface area (TPSA) is 119 Å². The van der Waals surface area contributed by atoms with Crippen molar-refractivity contribution < 1.29 is 23.4 Å². The van der Waals surface area contributed by atoms with Crippen LogP contribution in [0.3, 0.4) is 0 Å². The zero-order valence-corrected chi connectivity index (χ0v) is 26.6. The lowest BCUT2D eigenvalue weighted by Gasteiger charge is -2.43. The maximum absolute atomic E-state index is 17.1. The number of ether oxygens (including phenoxy) is 1. The lowest BCUT2D eigenvalue weighted by Crippen LogP contribution is -2.62. The van der Waals surface area contributed by atoms with Crippen LogP contribution in [0.15, 0.2) is 30.5 Å². The summed E-state index contributed by atoms with van der Waals surface area (Å²) < 4.78 is 38.0. The minimum Gasteiger partial charge on any atom is -0.508 e. The van der Waals surface area contributed by atoms with E-state index in [4.69, 9.17) is 21.1 Å². The highest BCUT2D eigenvalue weighted by Crippen LogP contribution is 2.40. The van der Waals surface area contributed by atoms with E-state index in [-0.39, 0.29) is 63.4 Å². The van der Waals surface area contributed by atoms with E-state index in [0.29, 0.717) is 75.0 Å². The summed E-state index contributed by atoms with van der Waals surface area (Å²) in [5, 5.41) is 18.6. The Morgan fingerprint density at radius 1 is 1.17 bits per heavy atom. The predicted molar refractivity (Wildman–Crippen MR) is 178 cm³/mol. The Labute approximate surface area is 276 Å². The van der Waals surface area contributed by atoms with Crippen molar-refractivity contribution in [2.75, 3.05) is 69.3 Å². The molecule has 48 heavy (non-hydrogen) atoms. The molecule has 2 aromatic heterocycles. The van der Waals surface area contributed by atoms with Gasteiger partial charge in [0.05, 0.1) is 29.7 Å². The van der Waals surface area contributed by atoms with Crippen molar-refractivity contribution in [2.24, 2.45) is 0 Å². The van der Waals surface area contributed by atoms with Crippen molar-refractivity contribution in [1.29, 1.82) is 0 Å².